The Morgan fingerprint density at radius 1 is 1.00 bits per heavy atom. The maximum absolute atomic E-state index is 5.15. The van der Waals surface area contributed by atoms with Crippen LogP contribution in [0.5, 0.6) is 0 Å². The number of unbranched alkanes of at least 4 members (excludes halogenated alkanes) is 1. The Labute approximate surface area is 77.8 Å². The van der Waals surface area contributed by atoms with Crippen LogP contribution in [0.15, 0.2) is 0 Å². The van der Waals surface area contributed by atoms with Gasteiger partial charge in [-0.1, -0.05) is 12.5 Å². The molecule has 0 saturated heterocycles. The van der Waals surface area contributed by atoms with E-state index in [1.165, 1.54) is 22.7 Å². The monoisotopic (exact) mass is 192 g/mol. The first-order valence-corrected chi connectivity index (χ1v) is 5.81. The van der Waals surface area contributed by atoms with Crippen LogP contribution in [0.4, 0.5) is 0 Å². The number of methoxy groups -OCH3 is 3. The molecule has 4 heteroatoms. The molecular weight excluding hydrogens is 172 g/mol. The summed E-state index contributed by atoms with van der Waals surface area (Å²) in [5, 5.41) is 0. The van der Waals surface area contributed by atoms with Crippen molar-refractivity contribution in [1.29, 1.82) is 0 Å². The third-order valence-electron chi connectivity index (χ3n) is 2.02. The van der Waals surface area contributed by atoms with Crippen LogP contribution in [0.1, 0.15) is 19.3 Å². The van der Waals surface area contributed by atoms with Gasteiger partial charge in [-0.25, -0.2) is 0 Å². The summed E-state index contributed by atoms with van der Waals surface area (Å²) < 4.78 is 15.4. The van der Waals surface area contributed by atoms with E-state index in [1.54, 1.807) is 21.3 Å². The largest absolute Gasteiger partial charge is 0.331 e. The van der Waals surface area contributed by atoms with Crippen LogP contribution < -0.4 is 0 Å². The highest BCUT2D eigenvalue weighted by Crippen LogP contribution is 2.20. The molecule has 0 amide bonds. The number of ether oxygens (including phenoxy) is 3. The average molecular weight is 192 g/mol. The zero-order valence-electron chi connectivity index (χ0n) is 8.55. The first-order valence-electron chi connectivity index (χ1n) is 4.40. The van der Waals surface area contributed by atoms with Gasteiger partial charge in [0.2, 0.25) is 0 Å². The maximum atomic E-state index is 5.15. The molecule has 0 spiro atoms. The summed E-state index contributed by atoms with van der Waals surface area (Å²) in [6.45, 7) is 0. The van der Waals surface area contributed by atoms with Gasteiger partial charge in [0.15, 0.2) is 0 Å². The molecule has 0 aromatic carbocycles. The van der Waals surface area contributed by atoms with E-state index in [9.17, 15) is 0 Å². The van der Waals surface area contributed by atoms with Crippen molar-refractivity contribution in [1.82, 2.24) is 0 Å². The van der Waals surface area contributed by atoms with Gasteiger partial charge in [-0.2, -0.15) is 0 Å². The maximum Gasteiger partial charge on any atom is 0.282 e. The third kappa shape index (κ3) is 3.67. The molecule has 0 aliphatic heterocycles. The highest BCUT2D eigenvalue weighted by molar-refractivity contribution is 6.08. The quantitative estimate of drug-likeness (QED) is 0.335. The van der Waals surface area contributed by atoms with E-state index in [4.69, 9.17) is 14.2 Å². The van der Waals surface area contributed by atoms with Gasteiger partial charge in [0, 0.05) is 38.0 Å². The Morgan fingerprint density at radius 3 is 1.83 bits per heavy atom. The lowest BCUT2D eigenvalue weighted by molar-refractivity contribution is -0.355. The van der Waals surface area contributed by atoms with Crippen LogP contribution in [0.25, 0.3) is 0 Å². The molecule has 0 aliphatic carbocycles. The van der Waals surface area contributed by atoms with Crippen LogP contribution in [-0.4, -0.2) is 37.5 Å². The summed E-state index contributed by atoms with van der Waals surface area (Å²) in [5.41, 5.74) is 0. The molecule has 0 aliphatic rings. The molecule has 0 aromatic heterocycles. The lowest BCUT2D eigenvalue weighted by Gasteiger charge is -2.28. The molecular formula is C8H20O3Si. The van der Waals surface area contributed by atoms with E-state index in [0.717, 1.165) is 12.8 Å². The van der Waals surface area contributed by atoms with E-state index in [0.29, 0.717) is 0 Å². The summed E-state index contributed by atoms with van der Waals surface area (Å²) in [6.07, 6.45) is 3.14. The highest BCUT2D eigenvalue weighted by atomic mass is 28.1. The minimum Gasteiger partial charge on any atom is -0.331 e. The Kier molecular flexibility index (Phi) is 6.65. The highest BCUT2D eigenvalue weighted by Gasteiger charge is 2.28. The summed E-state index contributed by atoms with van der Waals surface area (Å²) in [5.74, 6) is -0.809. The van der Waals surface area contributed by atoms with Gasteiger partial charge >= 0.3 is 0 Å². The molecule has 0 fully saturated rings. The van der Waals surface area contributed by atoms with Gasteiger partial charge in [-0.05, 0) is 6.42 Å². The van der Waals surface area contributed by atoms with Crippen molar-refractivity contribution in [3.05, 3.63) is 0 Å². The van der Waals surface area contributed by atoms with Crippen molar-refractivity contribution in [3.63, 3.8) is 0 Å². The normalized spacial score (nSPS) is 12.2. The second kappa shape index (κ2) is 6.60. The lowest BCUT2D eigenvalue weighted by Crippen LogP contribution is -2.35. The Bertz CT molecular complexity index is 96.2. The zero-order chi connectivity index (χ0) is 9.45. The molecule has 0 aromatic rings. The standard InChI is InChI=1S/C8H20O3Si/c1-9-8(10-2,11-3)6-4-5-7-12/h4-7H2,1-3,12H3. The van der Waals surface area contributed by atoms with Gasteiger partial charge in [0.25, 0.3) is 5.97 Å². The third-order valence-corrected chi connectivity index (χ3v) is 2.73. The summed E-state index contributed by atoms with van der Waals surface area (Å²) in [7, 11) is 6.09. The Hall–Kier alpha value is 0.0969. The SMILES string of the molecule is COC(CCCC[SiH3])(OC)OC. The summed E-state index contributed by atoms with van der Waals surface area (Å²) in [6, 6.07) is 1.33. The first kappa shape index (κ1) is 12.1. The predicted molar refractivity (Wildman–Crippen MR) is 52.4 cm³/mol. The van der Waals surface area contributed by atoms with E-state index in [1.807, 2.05) is 0 Å². The second-order valence-corrected chi connectivity index (χ2v) is 3.75. The molecule has 0 bridgehead atoms. The molecule has 0 radical (unpaired) electrons. The van der Waals surface area contributed by atoms with Crippen LogP contribution >= 0.6 is 0 Å². The van der Waals surface area contributed by atoms with Crippen LogP contribution in [0, 0.1) is 0 Å². The molecule has 0 heterocycles. The fraction of sp³-hybridized carbons (Fsp3) is 1.00. The topological polar surface area (TPSA) is 27.7 Å². The predicted octanol–water partition coefficient (Wildman–Crippen LogP) is 0.533. The molecule has 12 heavy (non-hydrogen) atoms. The van der Waals surface area contributed by atoms with E-state index >= 15 is 0 Å². The van der Waals surface area contributed by atoms with Gasteiger partial charge in [0.1, 0.15) is 0 Å². The van der Waals surface area contributed by atoms with Crippen molar-refractivity contribution in [2.75, 3.05) is 21.3 Å². The Morgan fingerprint density at radius 2 is 1.50 bits per heavy atom. The smallest absolute Gasteiger partial charge is 0.282 e. The molecule has 3 nitrogen and oxygen atoms in total. The number of rotatable bonds is 7. The minimum absolute atomic E-state index is 0.804. The minimum atomic E-state index is -0.809. The van der Waals surface area contributed by atoms with Gasteiger partial charge in [-0.3, -0.25) is 0 Å². The fourth-order valence-electron chi connectivity index (χ4n) is 1.15. The van der Waals surface area contributed by atoms with E-state index in [-0.39, 0.29) is 0 Å². The average Bonchev–Trinajstić information content (AvgIpc) is 2.14. The number of hydrogen-bond donors (Lipinski definition) is 0. The Balaban J connectivity index is 3.76. The fourth-order valence-corrected chi connectivity index (χ4v) is 1.65. The van der Waals surface area contributed by atoms with Crippen LogP contribution in [0.3, 0.4) is 0 Å². The molecule has 0 unspecified atom stereocenters. The second-order valence-electron chi connectivity index (χ2n) is 2.75. The van der Waals surface area contributed by atoms with Gasteiger partial charge < -0.3 is 14.2 Å². The van der Waals surface area contributed by atoms with Crippen molar-refractivity contribution < 1.29 is 14.2 Å². The molecule has 0 atom stereocenters. The van der Waals surface area contributed by atoms with Gasteiger partial charge in [-0.15, -0.1) is 0 Å². The molecule has 0 rings (SSSR count). The van der Waals surface area contributed by atoms with Crippen LogP contribution in [0.2, 0.25) is 6.04 Å². The summed E-state index contributed by atoms with van der Waals surface area (Å²) in [4.78, 5) is 0. The van der Waals surface area contributed by atoms with Gasteiger partial charge in [0.05, 0.1) is 0 Å². The first-order chi connectivity index (χ1) is 5.74. The zero-order valence-corrected chi connectivity index (χ0v) is 10.6. The summed E-state index contributed by atoms with van der Waals surface area (Å²) >= 11 is 0. The van der Waals surface area contributed by atoms with Crippen molar-refractivity contribution in [3.8, 4) is 0 Å². The number of hydrogen-bond acceptors (Lipinski definition) is 3. The van der Waals surface area contributed by atoms with E-state index < -0.39 is 5.97 Å². The lowest BCUT2D eigenvalue weighted by atomic mass is 10.2. The van der Waals surface area contributed by atoms with E-state index in [2.05, 4.69) is 0 Å². The van der Waals surface area contributed by atoms with Crippen molar-refractivity contribution in [2.45, 2.75) is 31.3 Å². The molecule has 0 N–H and O–H groups in total. The van der Waals surface area contributed by atoms with Crippen molar-refractivity contribution in [2.24, 2.45) is 0 Å². The molecule has 0 saturated carbocycles. The molecule has 74 valence electrons. The van der Waals surface area contributed by atoms with Crippen LogP contribution in [-0.2, 0) is 14.2 Å². The van der Waals surface area contributed by atoms with Crippen molar-refractivity contribution >= 4 is 10.2 Å².